The summed E-state index contributed by atoms with van der Waals surface area (Å²) in [7, 11) is 3.08. The molecule has 2 aromatic carbocycles. The van der Waals surface area contributed by atoms with Crippen molar-refractivity contribution in [1.29, 1.82) is 0 Å². The molecule has 6 heteroatoms. The molecule has 0 fully saturated rings. The number of ether oxygens (including phenoxy) is 2. The first kappa shape index (κ1) is 20.3. The molecular formula is C21H26N2O4. The van der Waals surface area contributed by atoms with Crippen LogP contribution >= 0.6 is 0 Å². The van der Waals surface area contributed by atoms with E-state index >= 15 is 0 Å². The fraction of sp³-hybridized carbons (Fsp3) is 0.333. The van der Waals surface area contributed by atoms with E-state index in [9.17, 15) is 9.59 Å². The summed E-state index contributed by atoms with van der Waals surface area (Å²) in [6.07, 6.45) is 0.230. The third-order valence-electron chi connectivity index (χ3n) is 4.12. The van der Waals surface area contributed by atoms with Crippen molar-refractivity contribution in [1.82, 2.24) is 5.32 Å². The minimum atomic E-state index is -0.644. The summed E-state index contributed by atoms with van der Waals surface area (Å²) in [5, 5.41) is 5.66. The Morgan fingerprint density at radius 3 is 2.22 bits per heavy atom. The molecule has 2 rings (SSSR count). The lowest BCUT2D eigenvalue weighted by atomic mass is 10.0. The summed E-state index contributed by atoms with van der Waals surface area (Å²) in [5.41, 5.74) is 1.47. The highest BCUT2D eigenvalue weighted by molar-refractivity contribution is 5.97. The average Bonchev–Trinajstić information content (AvgIpc) is 2.66. The van der Waals surface area contributed by atoms with Crippen LogP contribution in [0.2, 0.25) is 0 Å². The molecule has 0 aliphatic rings. The Balaban J connectivity index is 2.05. The van der Waals surface area contributed by atoms with Gasteiger partial charge in [0.15, 0.2) is 11.5 Å². The second-order valence-electron chi connectivity index (χ2n) is 6.51. The van der Waals surface area contributed by atoms with Crippen LogP contribution in [0.3, 0.4) is 0 Å². The molecule has 0 radical (unpaired) electrons. The zero-order valence-electron chi connectivity index (χ0n) is 16.1. The predicted octanol–water partition coefficient (Wildman–Crippen LogP) is 3.03. The fourth-order valence-electron chi connectivity index (χ4n) is 2.67. The lowest BCUT2D eigenvalue weighted by molar-refractivity contribution is -0.127. The number of carbonyl (C=O) groups is 2. The zero-order chi connectivity index (χ0) is 19.8. The number of amides is 2. The number of nitrogens with one attached hydrogen (secondary N) is 2. The molecule has 2 amide bonds. The highest BCUT2D eigenvalue weighted by Gasteiger charge is 2.24. The molecule has 144 valence electrons. The molecular weight excluding hydrogens is 344 g/mol. The molecule has 0 saturated carbocycles. The quantitative estimate of drug-likeness (QED) is 0.749. The smallest absolute Gasteiger partial charge is 0.247 e. The normalized spacial score (nSPS) is 11.6. The molecule has 0 aliphatic carbocycles. The SMILES string of the molecule is COc1ccc(NC(=O)[C@@H](NC(=O)Cc2ccccc2)C(C)C)cc1OC. The average molecular weight is 370 g/mol. The maximum atomic E-state index is 12.7. The summed E-state index contributed by atoms with van der Waals surface area (Å²) in [6, 6.07) is 13.9. The second-order valence-corrected chi connectivity index (χ2v) is 6.51. The third kappa shape index (κ3) is 5.74. The van der Waals surface area contributed by atoms with Crippen LogP contribution in [0.4, 0.5) is 5.69 Å². The standard InChI is InChI=1S/C21H26N2O4/c1-14(2)20(23-19(24)12-15-8-6-5-7-9-15)21(25)22-16-10-11-17(26-3)18(13-16)27-4/h5-11,13-14,20H,12H2,1-4H3,(H,22,25)(H,23,24)/t20-/m0/s1. The van der Waals surface area contributed by atoms with Gasteiger partial charge < -0.3 is 20.1 Å². The topological polar surface area (TPSA) is 76.7 Å². The van der Waals surface area contributed by atoms with Crippen LogP contribution in [0.1, 0.15) is 19.4 Å². The van der Waals surface area contributed by atoms with Crippen molar-refractivity contribution in [3.05, 3.63) is 54.1 Å². The van der Waals surface area contributed by atoms with E-state index in [0.29, 0.717) is 17.2 Å². The molecule has 0 aromatic heterocycles. The largest absolute Gasteiger partial charge is 0.493 e. The van der Waals surface area contributed by atoms with E-state index in [1.807, 2.05) is 44.2 Å². The van der Waals surface area contributed by atoms with Crippen molar-refractivity contribution in [3.8, 4) is 11.5 Å². The van der Waals surface area contributed by atoms with Crippen molar-refractivity contribution >= 4 is 17.5 Å². The van der Waals surface area contributed by atoms with Crippen LogP contribution in [-0.2, 0) is 16.0 Å². The number of hydrogen-bond acceptors (Lipinski definition) is 4. The van der Waals surface area contributed by atoms with Gasteiger partial charge in [0.2, 0.25) is 11.8 Å². The van der Waals surface area contributed by atoms with Gasteiger partial charge in [-0.25, -0.2) is 0 Å². The molecule has 0 heterocycles. The molecule has 0 bridgehead atoms. The number of anilines is 1. The van der Waals surface area contributed by atoms with Crippen molar-refractivity contribution < 1.29 is 19.1 Å². The van der Waals surface area contributed by atoms with E-state index in [0.717, 1.165) is 5.56 Å². The van der Waals surface area contributed by atoms with Crippen LogP contribution in [0, 0.1) is 5.92 Å². The van der Waals surface area contributed by atoms with E-state index in [1.165, 1.54) is 7.11 Å². The van der Waals surface area contributed by atoms with Crippen LogP contribution in [-0.4, -0.2) is 32.1 Å². The zero-order valence-corrected chi connectivity index (χ0v) is 16.1. The Bertz CT molecular complexity index is 775. The van der Waals surface area contributed by atoms with Crippen molar-refractivity contribution in [2.24, 2.45) is 5.92 Å². The van der Waals surface area contributed by atoms with Gasteiger partial charge in [-0.2, -0.15) is 0 Å². The Kier molecular flexibility index (Phi) is 7.23. The van der Waals surface area contributed by atoms with Gasteiger partial charge in [0.05, 0.1) is 20.6 Å². The highest BCUT2D eigenvalue weighted by Crippen LogP contribution is 2.29. The first-order valence-corrected chi connectivity index (χ1v) is 8.80. The van der Waals surface area contributed by atoms with Crippen molar-refractivity contribution in [2.75, 3.05) is 19.5 Å². The maximum Gasteiger partial charge on any atom is 0.247 e. The molecule has 6 nitrogen and oxygen atoms in total. The van der Waals surface area contributed by atoms with Crippen LogP contribution in [0.15, 0.2) is 48.5 Å². The van der Waals surface area contributed by atoms with Gasteiger partial charge >= 0.3 is 0 Å². The molecule has 2 N–H and O–H groups in total. The van der Waals surface area contributed by atoms with Crippen LogP contribution in [0.5, 0.6) is 11.5 Å². The maximum absolute atomic E-state index is 12.7. The van der Waals surface area contributed by atoms with Gasteiger partial charge in [-0.05, 0) is 23.6 Å². The van der Waals surface area contributed by atoms with E-state index in [4.69, 9.17) is 9.47 Å². The molecule has 0 unspecified atom stereocenters. The van der Waals surface area contributed by atoms with Crippen LogP contribution in [0.25, 0.3) is 0 Å². The van der Waals surface area contributed by atoms with E-state index in [2.05, 4.69) is 10.6 Å². The summed E-state index contributed by atoms with van der Waals surface area (Å²) < 4.78 is 10.4. The number of carbonyl (C=O) groups excluding carboxylic acids is 2. The first-order chi connectivity index (χ1) is 12.9. The lowest BCUT2D eigenvalue weighted by Gasteiger charge is -2.22. The van der Waals surface area contributed by atoms with Gasteiger partial charge in [0, 0.05) is 11.8 Å². The van der Waals surface area contributed by atoms with Crippen LogP contribution < -0.4 is 20.1 Å². The third-order valence-corrected chi connectivity index (χ3v) is 4.12. The predicted molar refractivity (Wildman–Crippen MR) is 105 cm³/mol. The molecule has 2 aromatic rings. The Labute approximate surface area is 159 Å². The van der Waals surface area contributed by atoms with Gasteiger partial charge in [0.1, 0.15) is 6.04 Å². The summed E-state index contributed by atoms with van der Waals surface area (Å²) in [6.45, 7) is 3.78. The van der Waals surface area contributed by atoms with E-state index in [-0.39, 0.29) is 24.2 Å². The number of rotatable bonds is 8. The van der Waals surface area contributed by atoms with Gasteiger partial charge in [0.25, 0.3) is 0 Å². The second kappa shape index (κ2) is 9.62. The number of hydrogen-bond donors (Lipinski definition) is 2. The minimum Gasteiger partial charge on any atom is -0.493 e. The molecule has 0 spiro atoms. The van der Waals surface area contributed by atoms with Gasteiger partial charge in [-0.1, -0.05) is 44.2 Å². The Morgan fingerprint density at radius 1 is 0.963 bits per heavy atom. The van der Waals surface area contributed by atoms with Gasteiger partial charge in [-0.15, -0.1) is 0 Å². The summed E-state index contributed by atoms with van der Waals surface area (Å²) in [5.74, 6) is 0.558. The monoisotopic (exact) mass is 370 g/mol. The first-order valence-electron chi connectivity index (χ1n) is 8.80. The Hall–Kier alpha value is -3.02. The van der Waals surface area contributed by atoms with Gasteiger partial charge in [-0.3, -0.25) is 9.59 Å². The number of methoxy groups -OCH3 is 2. The van der Waals surface area contributed by atoms with Crippen molar-refractivity contribution in [2.45, 2.75) is 26.3 Å². The summed E-state index contributed by atoms with van der Waals surface area (Å²) in [4.78, 5) is 25.0. The fourth-order valence-corrected chi connectivity index (χ4v) is 2.67. The molecule has 1 atom stereocenters. The molecule has 0 aliphatic heterocycles. The van der Waals surface area contributed by atoms with E-state index in [1.54, 1.807) is 25.3 Å². The van der Waals surface area contributed by atoms with Crippen molar-refractivity contribution in [3.63, 3.8) is 0 Å². The molecule has 0 saturated heterocycles. The Morgan fingerprint density at radius 2 is 1.63 bits per heavy atom. The van der Waals surface area contributed by atoms with E-state index < -0.39 is 6.04 Å². The lowest BCUT2D eigenvalue weighted by Crippen LogP contribution is -2.47. The number of benzene rings is 2. The highest BCUT2D eigenvalue weighted by atomic mass is 16.5. The summed E-state index contributed by atoms with van der Waals surface area (Å²) >= 11 is 0. The minimum absolute atomic E-state index is 0.0649. The molecule has 27 heavy (non-hydrogen) atoms.